The van der Waals surface area contributed by atoms with Crippen molar-refractivity contribution < 1.29 is 9.53 Å². The molecular formula is C27H26N4O2. The Morgan fingerprint density at radius 2 is 1.76 bits per heavy atom. The lowest BCUT2D eigenvalue weighted by Gasteiger charge is -2.23. The van der Waals surface area contributed by atoms with Gasteiger partial charge < -0.3 is 15.8 Å². The van der Waals surface area contributed by atoms with Crippen LogP contribution in [-0.2, 0) is 6.42 Å². The lowest BCUT2D eigenvalue weighted by molar-refractivity contribution is 0.0992. The number of carbonyl (C=O) groups excluding carboxylic acids is 1. The van der Waals surface area contributed by atoms with Crippen molar-refractivity contribution in [2.24, 2.45) is 0 Å². The van der Waals surface area contributed by atoms with Crippen LogP contribution < -0.4 is 15.8 Å². The average Bonchev–Trinajstić information content (AvgIpc) is 2.85. The molecule has 4 aromatic rings. The largest absolute Gasteiger partial charge is 0.490 e. The van der Waals surface area contributed by atoms with E-state index in [1.165, 1.54) is 0 Å². The third-order valence-corrected chi connectivity index (χ3v) is 5.98. The molecule has 0 bridgehead atoms. The van der Waals surface area contributed by atoms with Gasteiger partial charge in [0, 0.05) is 40.8 Å². The number of pyridine rings is 2. The molecule has 1 aliphatic heterocycles. The van der Waals surface area contributed by atoms with E-state index in [1.807, 2.05) is 54.7 Å². The van der Waals surface area contributed by atoms with Crippen molar-refractivity contribution in [3.05, 3.63) is 84.4 Å². The minimum atomic E-state index is 0.0338. The Morgan fingerprint density at radius 3 is 2.55 bits per heavy atom. The van der Waals surface area contributed by atoms with Crippen LogP contribution in [0.2, 0.25) is 0 Å². The van der Waals surface area contributed by atoms with Gasteiger partial charge in [0.05, 0.1) is 12.1 Å². The Morgan fingerprint density at radius 1 is 0.939 bits per heavy atom. The lowest BCUT2D eigenvalue weighted by atomic mass is 10.0. The number of rotatable bonds is 6. The van der Waals surface area contributed by atoms with Gasteiger partial charge >= 0.3 is 0 Å². The second-order valence-electron chi connectivity index (χ2n) is 8.44. The SMILES string of the molecule is Nc1cncc(-c2ccc3cnc(CC(=O)c4ccc(OC5CCNCC5)cc4)cc3c2)c1. The maximum Gasteiger partial charge on any atom is 0.168 e. The number of nitrogens with two attached hydrogens (primary N) is 1. The van der Waals surface area contributed by atoms with Gasteiger partial charge in [-0.2, -0.15) is 0 Å². The van der Waals surface area contributed by atoms with Crippen LogP contribution in [0.15, 0.2) is 73.2 Å². The number of ketones is 1. The summed E-state index contributed by atoms with van der Waals surface area (Å²) >= 11 is 0. The molecule has 0 saturated carbocycles. The van der Waals surface area contributed by atoms with E-state index in [0.29, 0.717) is 11.3 Å². The fraction of sp³-hybridized carbons (Fsp3) is 0.222. The molecule has 6 nitrogen and oxygen atoms in total. The molecule has 0 spiro atoms. The number of aromatic nitrogens is 2. The van der Waals surface area contributed by atoms with Crippen molar-refractivity contribution >= 4 is 22.2 Å². The van der Waals surface area contributed by atoms with E-state index < -0.39 is 0 Å². The van der Waals surface area contributed by atoms with Gasteiger partial charge in [-0.05, 0) is 79.3 Å². The summed E-state index contributed by atoms with van der Waals surface area (Å²) < 4.78 is 6.04. The van der Waals surface area contributed by atoms with Crippen molar-refractivity contribution in [1.82, 2.24) is 15.3 Å². The topological polar surface area (TPSA) is 90.1 Å². The molecule has 0 atom stereocenters. The van der Waals surface area contributed by atoms with Crippen molar-refractivity contribution in [3.8, 4) is 16.9 Å². The predicted octanol–water partition coefficient (Wildman–Crippen LogP) is 4.44. The molecule has 0 aliphatic carbocycles. The first-order valence-corrected chi connectivity index (χ1v) is 11.2. The monoisotopic (exact) mass is 438 g/mol. The van der Waals surface area contributed by atoms with Gasteiger partial charge in [-0.25, -0.2) is 0 Å². The van der Waals surface area contributed by atoms with E-state index in [9.17, 15) is 4.79 Å². The zero-order valence-electron chi connectivity index (χ0n) is 18.3. The molecule has 0 unspecified atom stereocenters. The van der Waals surface area contributed by atoms with Gasteiger partial charge in [-0.3, -0.25) is 14.8 Å². The fourth-order valence-electron chi connectivity index (χ4n) is 4.17. The molecule has 33 heavy (non-hydrogen) atoms. The summed E-state index contributed by atoms with van der Waals surface area (Å²) in [6, 6.07) is 17.4. The molecule has 2 aromatic heterocycles. The Bertz CT molecular complexity index is 1280. The molecule has 1 aliphatic rings. The summed E-state index contributed by atoms with van der Waals surface area (Å²) in [5.74, 6) is 0.845. The summed E-state index contributed by atoms with van der Waals surface area (Å²) in [6.07, 6.45) is 7.73. The van der Waals surface area contributed by atoms with Crippen molar-refractivity contribution in [1.29, 1.82) is 0 Å². The van der Waals surface area contributed by atoms with Gasteiger partial charge in [0.25, 0.3) is 0 Å². The number of Topliss-reactive ketones (excluding diaryl/α,β-unsaturated/α-hetero) is 1. The first-order chi connectivity index (χ1) is 16.1. The van der Waals surface area contributed by atoms with Gasteiger partial charge in [0.1, 0.15) is 11.9 Å². The van der Waals surface area contributed by atoms with Crippen molar-refractivity contribution in [2.45, 2.75) is 25.4 Å². The second-order valence-corrected chi connectivity index (χ2v) is 8.44. The van der Waals surface area contributed by atoms with Crippen LogP contribution in [0, 0.1) is 0 Å². The Balaban J connectivity index is 1.30. The maximum atomic E-state index is 12.9. The number of benzene rings is 2. The minimum Gasteiger partial charge on any atom is -0.490 e. The van der Waals surface area contributed by atoms with Crippen LogP contribution in [0.3, 0.4) is 0 Å². The Kier molecular flexibility index (Phi) is 6.00. The zero-order chi connectivity index (χ0) is 22.6. The Labute approximate surface area is 192 Å². The van der Waals surface area contributed by atoms with Gasteiger partial charge in [0.15, 0.2) is 5.78 Å². The van der Waals surface area contributed by atoms with Crippen LogP contribution in [0.5, 0.6) is 5.75 Å². The molecule has 5 rings (SSSR count). The van der Waals surface area contributed by atoms with Gasteiger partial charge in [-0.15, -0.1) is 0 Å². The number of fused-ring (bicyclic) bond motifs is 1. The number of nitrogens with one attached hydrogen (secondary N) is 1. The highest BCUT2D eigenvalue weighted by Crippen LogP contribution is 2.26. The van der Waals surface area contributed by atoms with Crippen LogP contribution in [0.25, 0.3) is 21.9 Å². The van der Waals surface area contributed by atoms with Crippen LogP contribution in [0.1, 0.15) is 28.9 Å². The number of ether oxygens (including phenoxy) is 1. The third-order valence-electron chi connectivity index (χ3n) is 5.98. The molecule has 166 valence electrons. The highest BCUT2D eigenvalue weighted by atomic mass is 16.5. The van der Waals surface area contributed by atoms with E-state index >= 15 is 0 Å². The van der Waals surface area contributed by atoms with Crippen LogP contribution in [-0.4, -0.2) is 34.9 Å². The summed E-state index contributed by atoms with van der Waals surface area (Å²) in [5, 5.41) is 5.38. The smallest absolute Gasteiger partial charge is 0.168 e. The molecule has 2 aromatic carbocycles. The summed E-state index contributed by atoms with van der Waals surface area (Å²) in [7, 11) is 0. The van der Waals surface area contributed by atoms with E-state index in [1.54, 1.807) is 12.4 Å². The van der Waals surface area contributed by atoms with Crippen LogP contribution >= 0.6 is 0 Å². The number of nitrogen functional groups attached to an aromatic ring is 1. The first kappa shape index (κ1) is 21.1. The predicted molar refractivity (Wildman–Crippen MR) is 130 cm³/mol. The number of anilines is 1. The van der Waals surface area contributed by atoms with Gasteiger partial charge in [0.2, 0.25) is 0 Å². The molecular weight excluding hydrogens is 412 g/mol. The summed E-state index contributed by atoms with van der Waals surface area (Å²) in [4.78, 5) is 21.5. The van der Waals surface area contributed by atoms with E-state index in [2.05, 4.69) is 21.4 Å². The fourth-order valence-corrected chi connectivity index (χ4v) is 4.17. The average molecular weight is 439 g/mol. The van der Waals surface area contributed by atoms with Crippen molar-refractivity contribution in [2.75, 3.05) is 18.8 Å². The molecule has 0 radical (unpaired) electrons. The number of piperidine rings is 1. The van der Waals surface area contributed by atoms with E-state index in [0.717, 1.165) is 59.3 Å². The third kappa shape index (κ3) is 5.02. The number of nitrogens with zero attached hydrogens (tertiary/aromatic N) is 2. The minimum absolute atomic E-state index is 0.0338. The molecule has 1 saturated heterocycles. The number of hydrogen-bond acceptors (Lipinski definition) is 6. The second kappa shape index (κ2) is 9.38. The molecule has 0 amide bonds. The Hall–Kier alpha value is -3.77. The van der Waals surface area contributed by atoms with Crippen LogP contribution in [0.4, 0.5) is 5.69 Å². The zero-order valence-corrected chi connectivity index (χ0v) is 18.3. The maximum absolute atomic E-state index is 12.9. The lowest BCUT2D eigenvalue weighted by Crippen LogP contribution is -2.34. The summed E-state index contributed by atoms with van der Waals surface area (Å²) in [6.45, 7) is 1.97. The highest BCUT2D eigenvalue weighted by molar-refractivity contribution is 5.98. The highest BCUT2D eigenvalue weighted by Gasteiger charge is 2.15. The first-order valence-electron chi connectivity index (χ1n) is 11.2. The van der Waals surface area contributed by atoms with Crippen molar-refractivity contribution in [3.63, 3.8) is 0 Å². The summed E-state index contributed by atoms with van der Waals surface area (Å²) in [5.41, 5.74) is 9.89. The normalized spacial score (nSPS) is 14.3. The quantitative estimate of drug-likeness (QED) is 0.433. The molecule has 1 fully saturated rings. The molecule has 6 heteroatoms. The van der Waals surface area contributed by atoms with E-state index in [-0.39, 0.29) is 18.3 Å². The molecule has 3 heterocycles. The number of carbonyl (C=O) groups is 1. The number of hydrogen-bond donors (Lipinski definition) is 2. The molecule has 3 N–H and O–H groups in total. The van der Waals surface area contributed by atoms with E-state index in [4.69, 9.17) is 10.5 Å². The van der Waals surface area contributed by atoms with Gasteiger partial charge in [-0.1, -0.05) is 12.1 Å². The standard InChI is InChI=1S/C27H26N4O2/c28-23-12-22(15-30-17-23)19-1-2-20-16-31-24(13-21(20)11-19)14-27(32)18-3-5-25(6-4-18)33-26-7-9-29-10-8-26/h1-6,11-13,15-17,26,29H,7-10,14,28H2.